The number of aromatic nitrogens is 1. The van der Waals surface area contributed by atoms with E-state index in [1.807, 2.05) is 0 Å². The van der Waals surface area contributed by atoms with Crippen molar-refractivity contribution >= 4 is 23.4 Å². The number of carboxylic acid groups (broad SMARTS) is 1. The fourth-order valence-electron chi connectivity index (χ4n) is 2.73. The van der Waals surface area contributed by atoms with Crippen LogP contribution in [0.5, 0.6) is 0 Å². The Balaban J connectivity index is 2.11. The summed E-state index contributed by atoms with van der Waals surface area (Å²) in [6.07, 6.45) is 2.21. The van der Waals surface area contributed by atoms with Crippen LogP contribution in [0, 0.1) is 11.3 Å². The van der Waals surface area contributed by atoms with Gasteiger partial charge in [0.05, 0.1) is 5.02 Å². The summed E-state index contributed by atoms with van der Waals surface area (Å²) >= 11 is 5.85. The second-order valence-corrected chi connectivity index (χ2v) is 6.84. The van der Waals surface area contributed by atoms with Crippen molar-refractivity contribution in [2.75, 3.05) is 18.0 Å². The van der Waals surface area contributed by atoms with Gasteiger partial charge in [0.2, 0.25) is 0 Å². The normalized spacial score (nSPS) is 17.3. The van der Waals surface area contributed by atoms with Gasteiger partial charge >= 0.3 is 5.97 Å². The zero-order chi connectivity index (χ0) is 14.9. The van der Waals surface area contributed by atoms with Gasteiger partial charge in [0, 0.05) is 13.1 Å². The quantitative estimate of drug-likeness (QED) is 0.904. The maximum absolute atomic E-state index is 11.1. The molecule has 1 aromatic heterocycles. The Labute approximate surface area is 124 Å². The van der Waals surface area contributed by atoms with Crippen LogP contribution in [-0.4, -0.2) is 29.1 Å². The molecule has 1 aromatic rings. The van der Waals surface area contributed by atoms with Crippen LogP contribution >= 0.6 is 11.6 Å². The molecule has 2 rings (SSSR count). The van der Waals surface area contributed by atoms with E-state index in [4.69, 9.17) is 16.7 Å². The number of aromatic carboxylic acids is 1. The molecule has 1 aliphatic rings. The number of piperidine rings is 1. The van der Waals surface area contributed by atoms with E-state index in [1.54, 1.807) is 12.1 Å². The second kappa shape index (κ2) is 5.60. The lowest BCUT2D eigenvalue weighted by Crippen LogP contribution is -2.38. The number of carboxylic acids is 1. The van der Waals surface area contributed by atoms with Crippen molar-refractivity contribution in [1.29, 1.82) is 0 Å². The molecule has 20 heavy (non-hydrogen) atoms. The Kier molecular flexibility index (Phi) is 4.23. The highest BCUT2D eigenvalue weighted by Gasteiger charge is 2.29. The van der Waals surface area contributed by atoms with Crippen molar-refractivity contribution in [2.45, 2.75) is 33.6 Å². The Morgan fingerprint density at radius 3 is 2.45 bits per heavy atom. The summed E-state index contributed by atoms with van der Waals surface area (Å²) < 4.78 is 0. The van der Waals surface area contributed by atoms with Crippen LogP contribution in [0.1, 0.15) is 44.1 Å². The van der Waals surface area contributed by atoms with E-state index in [0.29, 0.717) is 17.2 Å². The fraction of sp³-hybridized carbons (Fsp3) is 0.600. The number of carbonyl (C=O) groups is 1. The van der Waals surface area contributed by atoms with Gasteiger partial charge in [-0.3, -0.25) is 0 Å². The lowest BCUT2D eigenvalue weighted by molar-refractivity contribution is 0.0691. The van der Waals surface area contributed by atoms with Crippen LogP contribution in [0.4, 0.5) is 5.82 Å². The van der Waals surface area contributed by atoms with Crippen LogP contribution in [0.15, 0.2) is 12.1 Å². The molecule has 1 saturated heterocycles. The van der Waals surface area contributed by atoms with E-state index >= 15 is 0 Å². The third kappa shape index (κ3) is 3.23. The molecule has 5 heteroatoms. The van der Waals surface area contributed by atoms with Gasteiger partial charge in [-0.1, -0.05) is 32.4 Å². The molecule has 110 valence electrons. The van der Waals surface area contributed by atoms with Crippen molar-refractivity contribution in [3.05, 3.63) is 22.8 Å². The number of anilines is 1. The second-order valence-electron chi connectivity index (χ2n) is 6.43. The summed E-state index contributed by atoms with van der Waals surface area (Å²) in [5, 5.41) is 9.26. The Morgan fingerprint density at radius 1 is 1.35 bits per heavy atom. The van der Waals surface area contributed by atoms with Gasteiger partial charge in [0.1, 0.15) is 5.82 Å². The van der Waals surface area contributed by atoms with Crippen LogP contribution in [0.25, 0.3) is 0 Å². The average Bonchev–Trinajstić information content (AvgIpc) is 2.38. The van der Waals surface area contributed by atoms with Crippen molar-refractivity contribution < 1.29 is 9.90 Å². The molecule has 1 aliphatic heterocycles. The molecule has 0 aliphatic carbocycles. The SMILES string of the molecule is CC(C)(C)C1CCN(c2ccc(Cl)c(C(=O)O)n2)CC1. The summed E-state index contributed by atoms with van der Waals surface area (Å²) in [6, 6.07) is 3.41. The molecule has 1 fully saturated rings. The number of halogens is 1. The predicted molar refractivity (Wildman–Crippen MR) is 80.6 cm³/mol. The molecule has 4 nitrogen and oxygen atoms in total. The standard InChI is InChI=1S/C15H21ClN2O2/c1-15(2,3)10-6-8-18(9-7-10)12-5-4-11(16)13(17-12)14(19)20/h4-5,10H,6-9H2,1-3H3,(H,19,20). The predicted octanol–water partition coefficient (Wildman–Crippen LogP) is 3.70. The Morgan fingerprint density at radius 2 is 1.95 bits per heavy atom. The maximum atomic E-state index is 11.1. The fourth-order valence-corrected chi connectivity index (χ4v) is 2.92. The number of hydrogen-bond donors (Lipinski definition) is 1. The van der Waals surface area contributed by atoms with Gasteiger partial charge in [-0.15, -0.1) is 0 Å². The maximum Gasteiger partial charge on any atom is 0.356 e. The van der Waals surface area contributed by atoms with Gasteiger partial charge < -0.3 is 10.0 Å². The first-order valence-corrected chi connectivity index (χ1v) is 7.31. The summed E-state index contributed by atoms with van der Waals surface area (Å²) in [7, 11) is 0. The lowest BCUT2D eigenvalue weighted by atomic mass is 9.75. The van der Waals surface area contributed by atoms with E-state index in [-0.39, 0.29) is 10.7 Å². The third-order valence-electron chi connectivity index (χ3n) is 4.08. The zero-order valence-electron chi connectivity index (χ0n) is 12.2. The minimum absolute atomic E-state index is 0.0675. The number of nitrogens with zero attached hydrogens (tertiary/aromatic N) is 2. The molecule has 0 spiro atoms. The van der Waals surface area contributed by atoms with Gasteiger partial charge in [-0.2, -0.15) is 0 Å². The molecule has 0 unspecified atom stereocenters. The largest absolute Gasteiger partial charge is 0.476 e. The number of hydrogen-bond acceptors (Lipinski definition) is 3. The first-order chi connectivity index (χ1) is 9.29. The first-order valence-electron chi connectivity index (χ1n) is 6.94. The van der Waals surface area contributed by atoms with E-state index in [9.17, 15) is 4.79 Å². The third-order valence-corrected chi connectivity index (χ3v) is 4.38. The topological polar surface area (TPSA) is 53.4 Å². The molecule has 0 bridgehead atoms. The average molecular weight is 297 g/mol. The van der Waals surface area contributed by atoms with Crippen LogP contribution in [0.3, 0.4) is 0 Å². The van der Waals surface area contributed by atoms with Crippen LogP contribution < -0.4 is 4.90 Å². The Bertz CT molecular complexity index is 503. The minimum atomic E-state index is -1.08. The van der Waals surface area contributed by atoms with E-state index in [0.717, 1.165) is 25.9 Å². The van der Waals surface area contributed by atoms with Crippen LogP contribution in [0.2, 0.25) is 5.02 Å². The summed E-state index contributed by atoms with van der Waals surface area (Å²) in [6.45, 7) is 8.65. The lowest BCUT2D eigenvalue weighted by Gasteiger charge is -2.39. The highest BCUT2D eigenvalue weighted by atomic mass is 35.5. The molecular weight excluding hydrogens is 276 g/mol. The smallest absolute Gasteiger partial charge is 0.356 e. The summed E-state index contributed by atoms with van der Waals surface area (Å²) in [4.78, 5) is 17.4. The van der Waals surface area contributed by atoms with Gasteiger partial charge in [0.15, 0.2) is 5.69 Å². The molecule has 0 amide bonds. The first kappa shape index (κ1) is 15.1. The van der Waals surface area contributed by atoms with Crippen molar-refractivity contribution in [3.8, 4) is 0 Å². The molecular formula is C15H21ClN2O2. The highest BCUT2D eigenvalue weighted by Crippen LogP contribution is 2.35. The number of rotatable bonds is 2. The molecule has 2 heterocycles. The van der Waals surface area contributed by atoms with Gasteiger partial charge in [-0.25, -0.2) is 9.78 Å². The zero-order valence-corrected chi connectivity index (χ0v) is 12.9. The van der Waals surface area contributed by atoms with Gasteiger partial charge in [0.25, 0.3) is 0 Å². The molecule has 0 radical (unpaired) electrons. The summed E-state index contributed by atoms with van der Waals surface area (Å²) in [5.41, 5.74) is 0.258. The van der Waals surface area contributed by atoms with E-state index in [2.05, 4.69) is 30.7 Å². The van der Waals surface area contributed by atoms with Crippen molar-refractivity contribution in [1.82, 2.24) is 4.98 Å². The molecule has 0 saturated carbocycles. The number of pyridine rings is 1. The van der Waals surface area contributed by atoms with Crippen LogP contribution in [-0.2, 0) is 0 Å². The van der Waals surface area contributed by atoms with E-state index < -0.39 is 5.97 Å². The van der Waals surface area contributed by atoms with Crippen molar-refractivity contribution in [3.63, 3.8) is 0 Å². The molecule has 0 atom stereocenters. The molecule has 0 aromatic carbocycles. The highest BCUT2D eigenvalue weighted by molar-refractivity contribution is 6.33. The molecule has 1 N–H and O–H groups in total. The minimum Gasteiger partial charge on any atom is -0.476 e. The monoisotopic (exact) mass is 296 g/mol. The van der Waals surface area contributed by atoms with Crippen molar-refractivity contribution in [2.24, 2.45) is 11.3 Å². The van der Waals surface area contributed by atoms with Gasteiger partial charge in [-0.05, 0) is 36.3 Å². The summed E-state index contributed by atoms with van der Waals surface area (Å²) in [5.74, 6) is 0.325. The van der Waals surface area contributed by atoms with E-state index in [1.165, 1.54) is 0 Å². The Hall–Kier alpha value is -1.29.